The van der Waals surface area contributed by atoms with Gasteiger partial charge in [-0.15, -0.1) is 0 Å². The Morgan fingerprint density at radius 3 is 2.42 bits per heavy atom. The summed E-state index contributed by atoms with van der Waals surface area (Å²) in [5.41, 5.74) is 0.612. The molecule has 0 radical (unpaired) electrons. The van der Waals surface area contributed by atoms with Crippen LogP contribution in [0.4, 0.5) is 4.79 Å². The molecule has 0 aliphatic heterocycles. The quantitative estimate of drug-likeness (QED) is 0.555. The van der Waals surface area contributed by atoms with Gasteiger partial charge in [0.1, 0.15) is 5.60 Å². The molecule has 31 heavy (non-hydrogen) atoms. The number of hydrogen-bond donors (Lipinski definition) is 1. The average Bonchev–Trinajstić information content (AvgIpc) is 2.69. The molecular weight excluding hydrogens is 441 g/mol. The van der Waals surface area contributed by atoms with Crippen molar-refractivity contribution in [2.45, 2.75) is 39.3 Å². The number of pyridine rings is 1. The zero-order valence-corrected chi connectivity index (χ0v) is 19.6. The molecule has 0 spiro atoms. The molecule has 1 N–H and O–H groups in total. The Balaban J connectivity index is 1.95. The van der Waals surface area contributed by atoms with E-state index in [1.54, 1.807) is 17.3 Å². The van der Waals surface area contributed by atoms with Crippen LogP contribution in [-0.4, -0.2) is 47.7 Å². The van der Waals surface area contributed by atoms with Crippen LogP contribution < -0.4 is 10.1 Å². The van der Waals surface area contributed by atoms with E-state index in [0.717, 1.165) is 5.56 Å². The molecule has 168 valence electrons. The fourth-order valence-electron chi connectivity index (χ4n) is 2.73. The summed E-state index contributed by atoms with van der Waals surface area (Å²) in [6.45, 7) is 6.57. The summed E-state index contributed by atoms with van der Waals surface area (Å²) in [5.74, 6) is 0.00539. The zero-order chi connectivity index (χ0) is 23.0. The smallest absolute Gasteiger partial charge is 0.410 e. The summed E-state index contributed by atoms with van der Waals surface area (Å²) in [6.07, 6.45) is 3.49. The summed E-state index contributed by atoms with van der Waals surface area (Å²) in [5, 5.41) is 3.32. The number of halogens is 2. The van der Waals surface area contributed by atoms with Crippen LogP contribution in [-0.2, 0) is 11.3 Å². The molecule has 1 aromatic heterocycles. The number of aromatic nitrogens is 1. The van der Waals surface area contributed by atoms with Crippen LogP contribution in [0.2, 0.25) is 10.0 Å². The molecule has 0 aliphatic carbocycles. The number of nitrogens with zero attached hydrogens (tertiary/aromatic N) is 2. The lowest BCUT2D eigenvalue weighted by Gasteiger charge is -2.27. The van der Waals surface area contributed by atoms with E-state index in [1.807, 2.05) is 32.9 Å². The molecule has 1 aromatic carbocycles. The Labute approximate surface area is 192 Å². The third kappa shape index (κ3) is 7.92. The van der Waals surface area contributed by atoms with Crippen LogP contribution in [0.3, 0.4) is 0 Å². The third-order valence-corrected chi connectivity index (χ3v) is 4.66. The highest BCUT2D eigenvalue weighted by Gasteiger charge is 2.22. The van der Waals surface area contributed by atoms with Gasteiger partial charge in [-0.1, -0.05) is 29.3 Å². The van der Waals surface area contributed by atoms with E-state index < -0.39 is 11.7 Å². The van der Waals surface area contributed by atoms with Crippen molar-refractivity contribution in [2.24, 2.45) is 0 Å². The number of methoxy groups -OCH3 is 1. The molecular formula is C22H27Cl2N3O4. The zero-order valence-electron chi connectivity index (χ0n) is 18.1. The first-order valence-electron chi connectivity index (χ1n) is 9.79. The van der Waals surface area contributed by atoms with Crippen LogP contribution in [0.25, 0.3) is 0 Å². The molecule has 0 aliphatic rings. The fourth-order valence-corrected chi connectivity index (χ4v) is 3.37. The van der Waals surface area contributed by atoms with E-state index in [9.17, 15) is 9.59 Å². The molecule has 2 rings (SSSR count). The topological polar surface area (TPSA) is 80.8 Å². The summed E-state index contributed by atoms with van der Waals surface area (Å²) in [6, 6.07) is 6.70. The highest BCUT2D eigenvalue weighted by Crippen LogP contribution is 2.33. The molecule has 0 saturated carbocycles. The lowest BCUT2D eigenvalue weighted by Crippen LogP contribution is -2.38. The summed E-state index contributed by atoms with van der Waals surface area (Å²) in [4.78, 5) is 30.7. The SMILES string of the molecule is COc1c(Cl)cc(C(=O)NCCCN(Cc2cccnc2)C(=O)OC(C)(C)C)cc1Cl. The van der Waals surface area contributed by atoms with Crippen LogP contribution in [0.5, 0.6) is 5.75 Å². The first kappa shape index (κ1) is 24.8. The van der Waals surface area contributed by atoms with Crippen LogP contribution in [0.15, 0.2) is 36.7 Å². The monoisotopic (exact) mass is 467 g/mol. The van der Waals surface area contributed by atoms with Gasteiger partial charge < -0.3 is 19.7 Å². The van der Waals surface area contributed by atoms with Crippen molar-refractivity contribution in [1.82, 2.24) is 15.2 Å². The van der Waals surface area contributed by atoms with E-state index in [2.05, 4.69) is 10.3 Å². The van der Waals surface area contributed by atoms with Crippen molar-refractivity contribution in [3.05, 3.63) is 57.8 Å². The first-order valence-corrected chi connectivity index (χ1v) is 10.5. The maximum absolute atomic E-state index is 12.6. The number of carbonyl (C=O) groups excluding carboxylic acids is 2. The highest BCUT2D eigenvalue weighted by atomic mass is 35.5. The minimum atomic E-state index is -0.606. The Morgan fingerprint density at radius 2 is 1.87 bits per heavy atom. The Kier molecular flexibility index (Phi) is 8.95. The number of amides is 2. The summed E-state index contributed by atoms with van der Waals surface area (Å²) >= 11 is 12.2. The molecule has 9 heteroatoms. The van der Waals surface area contributed by atoms with Crippen molar-refractivity contribution in [2.75, 3.05) is 20.2 Å². The number of hydrogen-bond acceptors (Lipinski definition) is 5. The minimum absolute atomic E-state index is 0.257. The van der Waals surface area contributed by atoms with Crippen LogP contribution in [0, 0.1) is 0 Å². The first-order chi connectivity index (χ1) is 14.6. The van der Waals surface area contributed by atoms with Gasteiger partial charge >= 0.3 is 6.09 Å². The van der Waals surface area contributed by atoms with Gasteiger partial charge in [0.25, 0.3) is 5.91 Å². The second-order valence-corrected chi connectivity index (χ2v) is 8.66. The maximum atomic E-state index is 12.6. The number of benzene rings is 1. The van der Waals surface area contributed by atoms with Gasteiger partial charge in [-0.25, -0.2) is 4.79 Å². The van der Waals surface area contributed by atoms with Gasteiger partial charge in [0.05, 0.1) is 23.7 Å². The van der Waals surface area contributed by atoms with Crippen molar-refractivity contribution < 1.29 is 19.1 Å². The molecule has 0 fully saturated rings. The normalized spacial score (nSPS) is 11.0. The van der Waals surface area contributed by atoms with Gasteiger partial charge in [-0.05, 0) is 51.0 Å². The van der Waals surface area contributed by atoms with Crippen molar-refractivity contribution in [3.63, 3.8) is 0 Å². The second-order valence-electron chi connectivity index (χ2n) is 7.85. The molecule has 0 bridgehead atoms. The van der Waals surface area contributed by atoms with Gasteiger partial charge in [-0.2, -0.15) is 0 Å². The molecule has 2 amide bonds. The van der Waals surface area contributed by atoms with Crippen molar-refractivity contribution in [1.29, 1.82) is 0 Å². The van der Waals surface area contributed by atoms with E-state index in [0.29, 0.717) is 37.4 Å². The molecule has 0 atom stereocenters. The summed E-state index contributed by atoms with van der Waals surface area (Å²) < 4.78 is 10.6. The lowest BCUT2D eigenvalue weighted by molar-refractivity contribution is 0.0232. The van der Waals surface area contributed by atoms with Crippen molar-refractivity contribution in [3.8, 4) is 5.75 Å². The van der Waals surface area contributed by atoms with Gasteiger partial charge in [0.2, 0.25) is 0 Å². The number of rotatable bonds is 8. The van der Waals surface area contributed by atoms with E-state index in [4.69, 9.17) is 32.7 Å². The molecule has 0 unspecified atom stereocenters. The highest BCUT2D eigenvalue weighted by molar-refractivity contribution is 6.37. The average molecular weight is 468 g/mol. The number of nitrogens with one attached hydrogen (secondary N) is 1. The largest absolute Gasteiger partial charge is 0.494 e. The summed E-state index contributed by atoms with van der Waals surface area (Å²) in [7, 11) is 1.45. The van der Waals surface area contributed by atoms with E-state index in [1.165, 1.54) is 19.2 Å². The Bertz CT molecular complexity index is 878. The van der Waals surface area contributed by atoms with E-state index >= 15 is 0 Å². The molecule has 0 saturated heterocycles. The fraction of sp³-hybridized carbons (Fsp3) is 0.409. The van der Waals surface area contributed by atoms with Gasteiger partial charge in [-0.3, -0.25) is 9.78 Å². The standard InChI is InChI=1S/C22H27Cl2N3O4/c1-22(2,3)31-21(29)27(14-15-7-5-8-25-13-15)10-6-9-26-20(28)16-11-17(23)19(30-4)18(24)12-16/h5,7-8,11-13H,6,9-10,14H2,1-4H3,(H,26,28). The number of ether oxygens (including phenoxy) is 2. The Hall–Kier alpha value is -2.51. The molecule has 2 aromatic rings. The molecule has 7 nitrogen and oxygen atoms in total. The van der Waals surface area contributed by atoms with E-state index in [-0.39, 0.29) is 16.0 Å². The van der Waals surface area contributed by atoms with Gasteiger partial charge in [0.15, 0.2) is 5.75 Å². The predicted molar refractivity (Wildman–Crippen MR) is 121 cm³/mol. The Morgan fingerprint density at radius 1 is 1.19 bits per heavy atom. The van der Waals surface area contributed by atoms with Crippen LogP contribution in [0.1, 0.15) is 43.1 Å². The minimum Gasteiger partial charge on any atom is -0.494 e. The predicted octanol–water partition coefficient (Wildman–Crippen LogP) is 4.95. The number of carbonyl (C=O) groups is 2. The third-order valence-electron chi connectivity index (χ3n) is 4.10. The maximum Gasteiger partial charge on any atom is 0.410 e. The van der Waals surface area contributed by atoms with Gasteiger partial charge in [0, 0.05) is 31.0 Å². The lowest BCUT2D eigenvalue weighted by atomic mass is 10.2. The van der Waals surface area contributed by atoms with Crippen LogP contribution >= 0.6 is 23.2 Å². The van der Waals surface area contributed by atoms with Crippen molar-refractivity contribution >= 4 is 35.2 Å². The molecule has 1 heterocycles. The second kappa shape index (κ2) is 11.2.